The molecule has 0 radical (unpaired) electrons. The highest BCUT2D eigenvalue weighted by Crippen LogP contribution is 2.33. The third kappa shape index (κ3) is 4.63. The zero-order chi connectivity index (χ0) is 14.5. The van der Waals surface area contributed by atoms with Crippen molar-refractivity contribution in [3.63, 3.8) is 0 Å². The Labute approximate surface area is 118 Å². The van der Waals surface area contributed by atoms with Crippen LogP contribution >= 0.6 is 0 Å². The Hall–Kier alpha value is -0.860. The molecule has 0 amide bonds. The van der Waals surface area contributed by atoms with E-state index >= 15 is 0 Å². The number of rotatable bonds is 6. The van der Waals surface area contributed by atoms with E-state index in [4.69, 9.17) is 4.74 Å². The Kier molecular flexibility index (Phi) is 6.02. The van der Waals surface area contributed by atoms with Crippen LogP contribution < -0.4 is 5.32 Å². The molecule has 1 aromatic carbocycles. The van der Waals surface area contributed by atoms with Crippen molar-refractivity contribution in [3.05, 3.63) is 35.4 Å². The molecule has 1 aromatic rings. The summed E-state index contributed by atoms with van der Waals surface area (Å²) in [5.41, 5.74) is 2.71. The van der Waals surface area contributed by atoms with Gasteiger partial charge in [-0.05, 0) is 31.4 Å². The van der Waals surface area contributed by atoms with Gasteiger partial charge in [-0.1, -0.05) is 57.5 Å². The van der Waals surface area contributed by atoms with Crippen LogP contribution in [0.2, 0.25) is 0 Å². The molecule has 0 aliphatic rings. The van der Waals surface area contributed by atoms with Gasteiger partial charge >= 0.3 is 0 Å². The van der Waals surface area contributed by atoms with E-state index < -0.39 is 0 Å². The maximum absolute atomic E-state index is 6.05. The van der Waals surface area contributed by atoms with Gasteiger partial charge in [0.1, 0.15) is 0 Å². The molecule has 2 heteroatoms. The van der Waals surface area contributed by atoms with E-state index in [-0.39, 0.29) is 17.6 Å². The van der Waals surface area contributed by atoms with Crippen LogP contribution in [0.4, 0.5) is 0 Å². The Morgan fingerprint density at radius 3 is 2.37 bits per heavy atom. The van der Waals surface area contributed by atoms with Crippen molar-refractivity contribution in [1.29, 1.82) is 0 Å². The lowest BCUT2D eigenvalue weighted by Crippen LogP contribution is -2.42. The van der Waals surface area contributed by atoms with Crippen LogP contribution in [0.3, 0.4) is 0 Å². The number of hydrogen-bond donors (Lipinski definition) is 1. The van der Waals surface area contributed by atoms with Crippen molar-refractivity contribution >= 4 is 0 Å². The molecule has 0 spiro atoms. The zero-order valence-electron chi connectivity index (χ0n) is 13.3. The molecule has 0 aliphatic carbocycles. The van der Waals surface area contributed by atoms with Crippen LogP contribution in [0.1, 0.15) is 51.8 Å². The zero-order valence-corrected chi connectivity index (χ0v) is 13.3. The lowest BCUT2D eigenvalue weighted by molar-refractivity contribution is -0.0363. The fourth-order valence-corrected chi connectivity index (χ4v) is 2.51. The van der Waals surface area contributed by atoms with Gasteiger partial charge in [0, 0.05) is 6.61 Å². The first kappa shape index (κ1) is 16.2. The van der Waals surface area contributed by atoms with E-state index in [0.29, 0.717) is 0 Å². The molecule has 108 valence electrons. The second-order valence-corrected chi connectivity index (χ2v) is 6.19. The minimum absolute atomic E-state index is 0.104. The van der Waals surface area contributed by atoms with Crippen LogP contribution in [0.5, 0.6) is 0 Å². The van der Waals surface area contributed by atoms with Gasteiger partial charge in [-0.2, -0.15) is 0 Å². The molecular formula is C17H29NO. The molecule has 0 saturated heterocycles. The van der Waals surface area contributed by atoms with Crippen LogP contribution in [-0.2, 0) is 4.74 Å². The second-order valence-electron chi connectivity index (χ2n) is 6.19. The van der Waals surface area contributed by atoms with Crippen molar-refractivity contribution in [2.24, 2.45) is 5.41 Å². The standard InChI is InChI=1S/C17H29NO/c1-7-18-15(14-11-9-10-13(3)12-14)16(19-8-2)17(4,5)6/h9-12,15-16,18H,7-8H2,1-6H3. The summed E-state index contributed by atoms with van der Waals surface area (Å²) in [4.78, 5) is 0. The number of benzene rings is 1. The molecule has 0 fully saturated rings. The second kappa shape index (κ2) is 7.06. The van der Waals surface area contributed by atoms with Gasteiger partial charge in [-0.3, -0.25) is 0 Å². The first-order valence-corrected chi connectivity index (χ1v) is 7.31. The molecule has 19 heavy (non-hydrogen) atoms. The molecule has 2 nitrogen and oxygen atoms in total. The lowest BCUT2D eigenvalue weighted by atomic mass is 9.81. The minimum atomic E-state index is 0.104. The highest BCUT2D eigenvalue weighted by Gasteiger charge is 2.33. The average molecular weight is 263 g/mol. The van der Waals surface area contributed by atoms with Gasteiger partial charge in [0.05, 0.1) is 12.1 Å². The van der Waals surface area contributed by atoms with Crippen molar-refractivity contribution in [1.82, 2.24) is 5.32 Å². The molecule has 0 saturated carbocycles. The largest absolute Gasteiger partial charge is 0.376 e. The van der Waals surface area contributed by atoms with Gasteiger partial charge in [0.15, 0.2) is 0 Å². The topological polar surface area (TPSA) is 21.3 Å². The summed E-state index contributed by atoms with van der Waals surface area (Å²) < 4.78 is 6.05. The van der Waals surface area contributed by atoms with Crippen molar-refractivity contribution in [3.8, 4) is 0 Å². The van der Waals surface area contributed by atoms with Crippen LogP contribution in [-0.4, -0.2) is 19.3 Å². The summed E-state index contributed by atoms with van der Waals surface area (Å²) >= 11 is 0. The highest BCUT2D eigenvalue weighted by molar-refractivity contribution is 5.26. The van der Waals surface area contributed by atoms with Crippen molar-refractivity contribution in [2.45, 2.75) is 53.7 Å². The molecule has 0 bridgehead atoms. The van der Waals surface area contributed by atoms with Gasteiger partial charge in [0.2, 0.25) is 0 Å². The lowest BCUT2D eigenvalue weighted by Gasteiger charge is -2.37. The predicted molar refractivity (Wildman–Crippen MR) is 82.5 cm³/mol. The summed E-state index contributed by atoms with van der Waals surface area (Å²) in [6.07, 6.45) is 0.166. The Balaban J connectivity index is 3.09. The Morgan fingerprint density at radius 2 is 1.89 bits per heavy atom. The molecule has 1 rings (SSSR count). The van der Waals surface area contributed by atoms with Gasteiger partial charge < -0.3 is 10.1 Å². The minimum Gasteiger partial charge on any atom is -0.376 e. The summed E-state index contributed by atoms with van der Waals surface area (Å²) in [5, 5.41) is 3.59. The molecule has 0 aromatic heterocycles. The van der Waals surface area contributed by atoms with Crippen LogP contribution in [0.15, 0.2) is 24.3 Å². The summed E-state index contributed by atoms with van der Waals surface area (Å²) in [6.45, 7) is 14.8. The molecule has 2 atom stereocenters. The smallest absolute Gasteiger partial charge is 0.0817 e. The molecule has 0 heterocycles. The maximum Gasteiger partial charge on any atom is 0.0817 e. The monoisotopic (exact) mass is 263 g/mol. The number of ether oxygens (including phenoxy) is 1. The Bertz CT molecular complexity index is 381. The number of hydrogen-bond acceptors (Lipinski definition) is 2. The quantitative estimate of drug-likeness (QED) is 0.834. The third-order valence-corrected chi connectivity index (χ3v) is 3.33. The van der Waals surface area contributed by atoms with E-state index in [1.807, 2.05) is 0 Å². The summed E-state index contributed by atoms with van der Waals surface area (Å²) in [5.74, 6) is 0. The van der Waals surface area contributed by atoms with Gasteiger partial charge in [0.25, 0.3) is 0 Å². The van der Waals surface area contributed by atoms with Crippen LogP contribution in [0, 0.1) is 12.3 Å². The van der Waals surface area contributed by atoms with E-state index in [9.17, 15) is 0 Å². The SMILES string of the molecule is CCNC(c1cccc(C)c1)C(OCC)C(C)(C)C. The van der Waals surface area contributed by atoms with Gasteiger partial charge in [-0.15, -0.1) is 0 Å². The molecule has 0 aliphatic heterocycles. The van der Waals surface area contributed by atoms with Crippen LogP contribution in [0.25, 0.3) is 0 Å². The highest BCUT2D eigenvalue weighted by atomic mass is 16.5. The fourth-order valence-electron chi connectivity index (χ4n) is 2.51. The van der Waals surface area contributed by atoms with E-state index in [0.717, 1.165) is 13.2 Å². The number of aryl methyl sites for hydroxylation is 1. The number of likely N-dealkylation sites (N-methyl/N-ethyl adjacent to an activating group) is 1. The van der Waals surface area contributed by atoms with E-state index in [1.54, 1.807) is 0 Å². The maximum atomic E-state index is 6.05. The molecule has 1 N–H and O–H groups in total. The molecule has 2 unspecified atom stereocenters. The third-order valence-electron chi connectivity index (χ3n) is 3.33. The summed E-state index contributed by atoms with van der Waals surface area (Å²) in [7, 11) is 0. The first-order chi connectivity index (χ1) is 8.90. The summed E-state index contributed by atoms with van der Waals surface area (Å²) in [6, 6.07) is 8.95. The van der Waals surface area contributed by atoms with Crippen molar-refractivity contribution in [2.75, 3.05) is 13.2 Å². The van der Waals surface area contributed by atoms with E-state index in [2.05, 4.69) is 71.1 Å². The predicted octanol–water partition coefficient (Wildman–Crippen LogP) is 4.10. The average Bonchev–Trinajstić information content (AvgIpc) is 2.32. The van der Waals surface area contributed by atoms with E-state index in [1.165, 1.54) is 11.1 Å². The Morgan fingerprint density at radius 1 is 1.21 bits per heavy atom. The number of nitrogens with one attached hydrogen (secondary N) is 1. The van der Waals surface area contributed by atoms with Crippen molar-refractivity contribution < 1.29 is 4.74 Å². The normalized spacial score (nSPS) is 15.3. The first-order valence-electron chi connectivity index (χ1n) is 7.31. The van der Waals surface area contributed by atoms with Gasteiger partial charge in [-0.25, -0.2) is 0 Å². The fraction of sp³-hybridized carbons (Fsp3) is 0.647. The molecular weight excluding hydrogens is 234 g/mol.